The van der Waals surface area contributed by atoms with Crippen LogP contribution in [0.3, 0.4) is 0 Å². The monoisotopic (exact) mass is 597 g/mol. The smallest absolute Gasteiger partial charge is 0.318 e. The molecule has 0 amide bonds. The van der Waals surface area contributed by atoms with Gasteiger partial charge in [-0.1, -0.05) is 93.6 Å². The number of cyclic esters (lactones) is 1. The third kappa shape index (κ3) is 6.08. The summed E-state index contributed by atoms with van der Waals surface area (Å²) in [6, 6.07) is 27.6. The van der Waals surface area contributed by atoms with Crippen LogP contribution in [0.25, 0.3) is 0 Å². The Bertz CT molecular complexity index is 1660. The average Bonchev–Trinajstić information content (AvgIpc) is 3.21. The second-order valence-electron chi connectivity index (χ2n) is 12.0. The molecule has 1 aromatic heterocycles. The highest BCUT2D eigenvalue weighted by atomic mass is 32.2. The molecule has 4 aromatic rings. The predicted molar refractivity (Wildman–Crippen MR) is 164 cm³/mol. The molecule has 2 unspecified atom stereocenters. The first-order chi connectivity index (χ1) is 20.4. The van der Waals surface area contributed by atoms with Gasteiger partial charge in [0.15, 0.2) is 11.4 Å². The molecule has 8 nitrogen and oxygen atoms in total. The fourth-order valence-electron chi connectivity index (χ4n) is 5.93. The molecule has 1 fully saturated rings. The summed E-state index contributed by atoms with van der Waals surface area (Å²) in [4.78, 5) is 36.3. The molecule has 0 radical (unpaired) electrons. The van der Waals surface area contributed by atoms with Crippen LogP contribution in [0.15, 0.2) is 109 Å². The van der Waals surface area contributed by atoms with Gasteiger partial charge in [-0.05, 0) is 40.3 Å². The average molecular weight is 598 g/mol. The van der Waals surface area contributed by atoms with E-state index in [0.717, 1.165) is 15.4 Å². The van der Waals surface area contributed by atoms with Gasteiger partial charge in [0.05, 0.1) is 5.69 Å². The van der Waals surface area contributed by atoms with Gasteiger partial charge in [0.1, 0.15) is 5.92 Å². The number of carbonyl (C=O) groups is 2. The summed E-state index contributed by atoms with van der Waals surface area (Å²) in [6.07, 6.45) is 3.24. The van der Waals surface area contributed by atoms with E-state index in [-0.39, 0.29) is 23.8 Å². The third-order valence-corrected chi connectivity index (χ3v) is 9.54. The molecule has 1 saturated heterocycles. The highest BCUT2D eigenvalue weighted by Gasteiger charge is 2.59. The first-order valence-electron chi connectivity index (χ1n) is 14.1. The minimum atomic E-state index is -4.05. The molecule has 0 spiro atoms. The van der Waals surface area contributed by atoms with Crippen LogP contribution in [0.4, 0.5) is 5.69 Å². The SMILES string of the molecule is CN(c1cccc(C(C2C(=O)OC(Cc3ccccc3)(Cc3ccccc3)C2=O)C(C)(C)C)c1)S(=O)(=O)c1ncccn1. The van der Waals surface area contributed by atoms with Crippen molar-refractivity contribution >= 4 is 27.5 Å². The summed E-state index contributed by atoms with van der Waals surface area (Å²) in [5.41, 5.74) is 0.863. The minimum Gasteiger partial charge on any atom is -0.450 e. The van der Waals surface area contributed by atoms with E-state index in [2.05, 4.69) is 9.97 Å². The quantitative estimate of drug-likeness (QED) is 0.145. The summed E-state index contributed by atoms with van der Waals surface area (Å²) in [7, 11) is -2.62. The lowest BCUT2D eigenvalue weighted by Crippen LogP contribution is -2.44. The van der Waals surface area contributed by atoms with Crippen LogP contribution in [0.1, 0.15) is 43.4 Å². The molecule has 1 aliphatic heterocycles. The predicted octanol–water partition coefficient (Wildman–Crippen LogP) is 5.40. The van der Waals surface area contributed by atoms with Crippen LogP contribution in [0, 0.1) is 11.3 Å². The van der Waals surface area contributed by atoms with Crippen molar-refractivity contribution in [3.05, 3.63) is 120 Å². The highest BCUT2D eigenvalue weighted by Crippen LogP contribution is 2.48. The molecule has 5 rings (SSSR count). The van der Waals surface area contributed by atoms with Crippen molar-refractivity contribution in [2.24, 2.45) is 11.3 Å². The second kappa shape index (κ2) is 11.7. The van der Waals surface area contributed by atoms with Gasteiger partial charge in [-0.3, -0.25) is 13.9 Å². The topological polar surface area (TPSA) is 107 Å². The minimum absolute atomic E-state index is 0.249. The van der Waals surface area contributed by atoms with Crippen molar-refractivity contribution in [3.63, 3.8) is 0 Å². The molecule has 0 aliphatic carbocycles. The Kier molecular flexibility index (Phi) is 8.21. The number of rotatable bonds is 9. The molecule has 2 atom stereocenters. The Hall–Kier alpha value is -4.37. The van der Waals surface area contributed by atoms with Gasteiger partial charge in [0.25, 0.3) is 15.2 Å². The van der Waals surface area contributed by atoms with E-state index in [1.165, 1.54) is 19.4 Å². The van der Waals surface area contributed by atoms with Gasteiger partial charge in [-0.2, -0.15) is 8.42 Å². The van der Waals surface area contributed by atoms with E-state index in [4.69, 9.17) is 4.74 Å². The number of benzene rings is 3. The van der Waals surface area contributed by atoms with Crippen molar-refractivity contribution in [2.75, 3.05) is 11.4 Å². The van der Waals surface area contributed by atoms with Crippen LogP contribution >= 0.6 is 0 Å². The molecule has 0 N–H and O–H groups in total. The first kappa shape index (κ1) is 30.1. The zero-order valence-corrected chi connectivity index (χ0v) is 25.5. The number of ether oxygens (including phenoxy) is 1. The largest absolute Gasteiger partial charge is 0.450 e. The number of Topliss-reactive ketones (excluding diaryl/α,β-unsaturated/α-hetero) is 1. The summed E-state index contributed by atoms with van der Waals surface area (Å²) in [5.74, 6) is -2.51. The normalized spacial score (nSPS) is 17.3. The van der Waals surface area contributed by atoms with Crippen LogP contribution in [-0.2, 0) is 37.2 Å². The fraction of sp³-hybridized carbons (Fsp3) is 0.294. The summed E-state index contributed by atoms with van der Waals surface area (Å²) in [5, 5.41) is -0.323. The maximum atomic E-state index is 14.6. The van der Waals surface area contributed by atoms with Gasteiger partial charge in [0, 0.05) is 38.2 Å². The Balaban J connectivity index is 1.55. The van der Waals surface area contributed by atoms with Crippen LogP contribution < -0.4 is 4.31 Å². The second-order valence-corrected chi connectivity index (χ2v) is 13.9. The Labute approximate surface area is 252 Å². The maximum absolute atomic E-state index is 14.6. The number of esters is 1. The van der Waals surface area contributed by atoms with E-state index < -0.39 is 38.8 Å². The van der Waals surface area contributed by atoms with Crippen molar-refractivity contribution in [2.45, 2.75) is 50.3 Å². The van der Waals surface area contributed by atoms with E-state index in [1.54, 1.807) is 24.3 Å². The molecule has 43 heavy (non-hydrogen) atoms. The first-order valence-corrected chi connectivity index (χ1v) is 15.6. The lowest BCUT2D eigenvalue weighted by Gasteiger charge is -2.34. The van der Waals surface area contributed by atoms with Gasteiger partial charge in [-0.15, -0.1) is 0 Å². The van der Waals surface area contributed by atoms with Gasteiger partial charge >= 0.3 is 5.97 Å². The zero-order valence-electron chi connectivity index (χ0n) is 24.7. The number of hydrogen-bond donors (Lipinski definition) is 0. The molecule has 9 heteroatoms. The molecule has 2 heterocycles. The standard InChI is InChI=1S/C34H35N3O5S/c1-33(2,3)29(26-17-11-18-27(21-26)37(4)43(40,41)32-35-19-12-20-36-32)28-30(38)34(42-31(28)39,22-24-13-7-5-8-14-24)23-25-15-9-6-10-16-25/h5-21,28-29H,22-23H2,1-4H3. The number of nitrogens with zero attached hydrogens (tertiary/aromatic N) is 3. The summed E-state index contributed by atoms with van der Waals surface area (Å²) < 4.78 is 33.8. The van der Waals surface area contributed by atoms with E-state index in [1.807, 2.05) is 87.5 Å². The summed E-state index contributed by atoms with van der Waals surface area (Å²) >= 11 is 0. The Morgan fingerprint density at radius 1 is 0.837 bits per heavy atom. The van der Waals surface area contributed by atoms with Crippen molar-refractivity contribution in [1.82, 2.24) is 9.97 Å². The van der Waals surface area contributed by atoms with Gasteiger partial charge < -0.3 is 4.74 Å². The van der Waals surface area contributed by atoms with Crippen LogP contribution in [0.2, 0.25) is 0 Å². The molecule has 0 saturated carbocycles. The Morgan fingerprint density at radius 2 is 1.40 bits per heavy atom. The molecular formula is C34H35N3O5S. The van der Waals surface area contributed by atoms with Gasteiger partial charge in [0.2, 0.25) is 0 Å². The Morgan fingerprint density at radius 3 is 1.93 bits per heavy atom. The van der Waals surface area contributed by atoms with E-state index >= 15 is 0 Å². The van der Waals surface area contributed by atoms with E-state index in [9.17, 15) is 18.0 Å². The van der Waals surface area contributed by atoms with Gasteiger partial charge in [-0.25, -0.2) is 9.97 Å². The molecule has 0 bridgehead atoms. The number of hydrogen-bond acceptors (Lipinski definition) is 7. The van der Waals surface area contributed by atoms with Crippen LogP contribution in [0.5, 0.6) is 0 Å². The zero-order chi connectivity index (χ0) is 30.8. The highest BCUT2D eigenvalue weighted by molar-refractivity contribution is 7.92. The molecule has 222 valence electrons. The van der Waals surface area contributed by atoms with E-state index in [0.29, 0.717) is 11.3 Å². The van der Waals surface area contributed by atoms with Crippen molar-refractivity contribution < 1.29 is 22.7 Å². The maximum Gasteiger partial charge on any atom is 0.318 e. The fourth-order valence-corrected chi connectivity index (χ4v) is 6.95. The third-order valence-electron chi connectivity index (χ3n) is 7.94. The lowest BCUT2D eigenvalue weighted by molar-refractivity contribution is -0.153. The lowest BCUT2D eigenvalue weighted by atomic mass is 9.66. The molecular weight excluding hydrogens is 562 g/mol. The number of ketones is 1. The summed E-state index contributed by atoms with van der Waals surface area (Å²) in [6.45, 7) is 5.91. The van der Waals surface area contributed by atoms with Crippen molar-refractivity contribution in [1.29, 1.82) is 0 Å². The molecule has 1 aliphatic rings. The number of carbonyl (C=O) groups excluding carboxylic acids is 2. The number of sulfonamides is 1. The molecule has 3 aromatic carbocycles. The van der Waals surface area contributed by atoms with Crippen molar-refractivity contribution in [3.8, 4) is 0 Å². The number of anilines is 1. The number of aromatic nitrogens is 2. The van der Waals surface area contributed by atoms with Crippen LogP contribution in [-0.4, -0.2) is 42.8 Å².